The van der Waals surface area contributed by atoms with Gasteiger partial charge in [-0.25, -0.2) is 0 Å². The van der Waals surface area contributed by atoms with Crippen molar-refractivity contribution in [2.24, 2.45) is 17.6 Å². The van der Waals surface area contributed by atoms with Gasteiger partial charge in [0.2, 0.25) is 0 Å². The van der Waals surface area contributed by atoms with E-state index in [1.54, 1.807) is 0 Å². The van der Waals surface area contributed by atoms with E-state index < -0.39 is 0 Å². The zero-order valence-electron chi connectivity index (χ0n) is 12.9. The number of nitrogens with zero attached hydrogens (tertiary/aromatic N) is 1. The molecule has 1 aromatic carbocycles. The summed E-state index contributed by atoms with van der Waals surface area (Å²) in [7, 11) is 0. The van der Waals surface area contributed by atoms with Crippen LogP contribution in [0.2, 0.25) is 0 Å². The van der Waals surface area contributed by atoms with E-state index in [0.29, 0.717) is 0 Å². The molecule has 0 bridgehead atoms. The lowest BCUT2D eigenvalue weighted by Crippen LogP contribution is -2.56. The molecular weight excluding hydrogens is 244 g/mol. The van der Waals surface area contributed by atoms with Crippen LogP contribution >= 0.6 is 0 Å². The number of benzene rings is 1. The molecule has 2 heteroatoms. The van der Waals surface area contributed by atoms with Crippen LogP contribution in [0.4, 0.5) is 5.69 Å². The average molecular weight is 272 g/mol. The van der Waals surface area contributed by atoms with Crippen LogP contribution < -0.4 is 10.6 Å². The number of anilines is 1. The van der Waals surface area contributed by atoms with E-state index in [1.165, 1.54) is 43.4 Å². The van der Waals surface area contributed by atoms with Gasteiger partial charge < -0.3 is 10.6 Å². The van der Waals surface area contributed by atoms with E-state index in [-0.39, 0.29) is 5.54 Å². The summed E-state index contributed by atoms with van der Waals surface area (Å²) in [6.45, 7) is 6.64. The van der Waals surface area contributed by atoms with Crippen molar-refractivity contribution in [1.82, 2.24) is 0 Å². The monoisotopic (exact) mass is 272 g/mol. The molecule has 1 heterocycles. The summed E-state index contributed by atoms with van der Waals surface area (Å²) in [6.07, 6.45) is 6.68. The van der Waals surface area contributed by atoms with Gasteiger partial charge in [-0.2, -0.15) is 0 Å². The van der Waals surface area contributed by atoms with Crippen LogP contribution in [0.15, 0.2) is 24.3 Å². The molecule has 0 saturated heterocycles. The summed E-state index contributed by atoms with van der Waals surface area (Å²) in [5, 5.41) is 0. The molecule has 1 fully saturated rings. The third-order valence-electron chi connectivity index (χ3n) is 5.39. The van der Waals surface area contributed by atoms with Crippen LogP contribution in [-0.2, 0) is 6.42 Å². The van der Waals surface area contributed by atoms with E-state index >= 15 is 0 Å². The fourth-order valence-electron chi connectivity index (χ4n) is 3.93. The van der Waals surface area contributed by atoms with Gasteiger partial charge in [0.1, 0.15) is 0 Å². The first-order valence-electron chi connectivity index (χ1n) is 8.18. The van der Waals surface area contributed by atoms with Crippen LogP contribution in [0.1, 0.15) is 45.1 Å². The largest absolute Gasteiger partial charge is 0.364 e. The molecule has 1 saturated carbocycles. The molecule has 2 unspecified atom stereocenters. The van der Waals surface area contributed by atoms with Gasteiger partial charge >= 0.3 is 0 Å². The highest BCUT2D eigenvalue weighted by molar-refractivity contribution is 5.58. The number of rotatable bonds is 4. The minimum absolute atomic E-state index is 0.121. The molecule has 2 atom stereocenters. The van der Waals surface area contributed by atoms with E-state index in [0.717, 1.165) is 24.9 Å². The van der Waals surface area contributed by atoms with Crippen molar-refractivity contribution in [3.8, 4) is 0 Å². The second-order valence-electron chi connectivity index (χ2n) is 7.25. The third kappa shape index (κ3) is 2.46. The zero-order chi connectivity index (χ0) is 14.2. The first-order chi connectivity index (χ1) is 9.62. The number of nitrogens with two attached hydrogens (primary N) is 1. The number of fused-ring (bicyclic) bond motifs is 1. The molecule has 3 rings (SSSR count). The van der Waals surface area contributed by atoms with Crippen LogP contribution in [0.5, 0.6) is 0 Å². The Morgan fingerprint density at radius 2 is 2.05 bits per heavy atom. The topological polar surface area (TPSA) is 29.3 Å². The Bertz CT molecular complexity index is 466. The molecule has 1 aliphatic carbocycles. The number of hydrogen-bond acceptors (Lipinski definition) is 2. The molecule has 20 heavy (non-hydrogen) atoms. The molecule has 0 radical (unpaired) electrons. The quantitative estimate of drug-likeness (QED) is 0.907. The second-order valence-corrected chi connectivity index (χ2v) is 7.25. The van der Waals surface area contributed by atoms with Gasteiger partial charge in [-0.1, -0.05) is 44.4 Å². The Kier molecular flexibility index (Phi) is 3.76. The lowest BCUT2D eigenvalue weighted by atomic mass is 9.75. The van der Waals surface area contributed by atoms with Gasteiger partial charge in [-0.3, -0.25) is 0 Å². The predicted octanol–water partition coefficient (Wildman–Crippen LogP) is 3.59. The van der Waals surface area contributed by atoms with Gasteiger partial charge in [0.15, 0.2) is 0 Å². The molecular formula is C18H28N2. The highest BCUT2D eigenvalue weighted by Crippen LogP contribution is 2.40. The molecule has 0 aromatic heterocycles. The first-order valence-corrected chi connectivity index (χ1v) is 8.18. The van der Waals surface area contributed by atoms with Gasteiger partial charge in [0.25, 0.3) is 0 Å². The first kappa shape index (κ1) is 13.9. The maximum absolute atomic E-state index is 6.23. The molecule has 2 nitrogen and oxygen atoms in total. The van der Waals surface area contributed by atoms with Crippen LogP contribution in [0, 0.1) is 11.8 Å². The molecule has 1 aromatic rings. The minimum atomic E-state index is 0.121. The van der Waals surface area contributed by atoms with Crippen molar-refractivity contribution in [2.75, 3.05) is 18.0 Å². The molecule has 0 amide bonds. The maximum Gasteiger partial charge on any atom is 0.0499 e. The normalized spacial score (nSPS) is 25.8. The Balaban J connectivity index is 1.90. The number of para-hydroxylation sites is 1. The standard InChI is InChI=1S/C18H28N2/c1-14-10-16-8-3-4-9-17(16)20(12-14)18(2,13-19)11-15-6-5-7-15/h3-4,8-9,14-15H,5-7,10-13,19H2,1-2H3. The van der Waals surface area contributed by atoms with E-state index in [1.807, 2.05) is 0 Å². The Morgan fingerprint density at radius 3 is 2.70 bits per heavy atom. The van der Waals surface area contributed by atoms with E-state index in [2.05, 4.69) is 43.0 Å². The lowest BCUT2D eigenvalue weighted by molar-refractivity contribution is 0.223. The van der Waals surface area contributed by atoms with Crippen LogP contribution in [0.25, 0.3) is 0 Å². The minimum Gasteiger partial charge on any atom is -0.364 e. The summed E-state index contributed by atoms with van der Waals surface area (Å²) >= 11 is 0. The van der Waals surface area contributed by atoms with Gasteiger partial charge in [-0.15, -0.1) is 0 Å². The van der Waals surface area contributed by atoms with Crippen molar-refractivity contribution in [2.45, 2.75) is 51.5 Å². The predicted molar refractivity (Wildman–Crippen MR) is 86.1 cm³/mol. The molecule has 2 aliphatic rings. The molecule has 2 N–H and O–H groups in total. The summed E-state index contributed by atoms with van der Waals surface area (Å²) < 4.78 is 0. The molecule has 110 valence electrons. The Labute approximate surface area is 123 Å². The van der Waals surface area contributed by atoms with Crippen LogP contribution in [0.3, 0.4) is 0 Å². The fraction of sp³-hybridized carbons (Fsp3) is 0.667. The van der Waals surface area contributed by atoms with E-state index in [9.17, 15) is 0 Å². The van der Waals surface area contributed by atoms with Crippen molar-refractivity contribution in [3.63, 3.8) is 0 Å². The summed E-state index contributed by atoms with van der Waals surface area (Å²) in [5.74, 6) is 1.62. The van der Waals surface area contributed by atoms with Crippen molar-refractivity contribution >= 4 is 5.69 Å². The summed E-state index contributed by atoms with van der Waals surface area (Å²) in [6, 6.07) is 8.91. The summed E-state index contributed by atoms with van der Waals surface area (Å²) in [4.78, 5) is 2.62. The SMILES string of the molecule is CC1Cc2ccccc2N(C(C)(CN)CC2CCC2)C1. The third-order valence-corrected chi connectivity index (χ3v) is 5.39. The Morgan fingerprint density at radius 1 is 1.30 bits per heavy atom. The average Bonchev–Trinajstić information content (AvgIpc) is 2.41. The second kappa shape index (κ2) is 5.40. The smallest absolute Gasteiger partial charge is 0.0499 e. The van der Waals surface area contributed by atoms with E-state index in [4.69, 9.17) is 5.73 Å². The van der Waals surface area contributed by atoms with Gasteiger partial charge in [-0.05, 0) is 43.2 Å². The Hall–Kier alpha value is -1.02. The van der Waals surface area contributed by atoms with Gasteiger partial charge in [0.05, 0.1) is 0 Å². The summed E-state index contributed by atoms with van der Waals surface area (Å²) in [5.41, 5.74) is 9.27. The molecule has 0 spiro atoms. The lowest BCUT2D eigenvalue weighted by Gasteiger charge is -2.49. The number of hydrogen-bond donors (Lipinski definition) is 1. The van der Waals surface area contributed by atoms with Crippen molar-refractivity contribution in [1.29, 1.82) is 0 Å². The molecule has 1 aliphatic heterocycles. The highest BCUT2D eigenvalue weighted by Gasteiger charge is 2.38. The highest BCUT2D eigenvalue weighted by atomic mass is 15.2. The van der Waals surface area contributed by atoms with Crippen LogP contribution in [-0.4, -0.2) is 18.6 Å². The maximum atomic E-state index is 6.23. The van der Waals surface area contributed by atoms with Crippen molar-refractivity contribution < 1.29 is 0 Å². The van der Waals surface area contributed by atoms with Gasteiger partial charge in [0, 0.05) is 24.3 Å². The fourth-order valence-corrected chi connectivity index (χ4v) is 3.93. The zero-order valence-corrected chi connectivity index (χ0v) is 12.9. The van der Waals surface area contributed by atoms with Crippen molar-refractivity contribution in [3.05, 3.63) is 29.8 Å².